The summed E-state index contributed by atoms with van der Waals surface area (Å²) in [4.78, 5) is 11.3. The van der Waals surface area contributed by atoms with Gasteiger partial charge < -0.3 is 20.1 Å². The predicted molar refractivity (Wildman–Crippen MR) is 59.7 cm³/mol. The lowest BCUT2D eigenvalue weighted by Gasteiger charge is -2.09. The largest absolute Gasteiger partial charge is 0.394 e. The smallest absolute Gasteiger partial charge is 0.292 e. The number of aliphatic hydroxyl groups is 3. The third kappa shape index (κ3) is 2.28. The molecule has 2 rings (SSSR count). The first-order valence-electron chi connectivity index (χ1n) is 5.69. The fourth-order valence-electron chi connectivity index (χ4n) is 1.99. The Morgan fingerprint density at radius 2 is 2.17 bits per heavy atom. The topological polar surface area (TPSA) is 90.9 Å². The van der Waals surface area contributed by atoms with Crippen LogP contribution in [0.25, 0.3) is 0 Å². The van der Waals surface area contributed by atoms with Crippen LogP contribution in [0.2, 0.25) is 0 Å². The SMILES string of the molecule is CC(=O)c1ccc[n+]([C@@H]2OC(CO)[C@@H](O)C2O)c1. The van der Waals surface area contributed by atoms with Crippen LogP contribution >= 0.6 is 0 Å². The predicted octanol–water partition coefficient (Wildman–Crippen LogP) is -1.21. The van der Waals surface area contributed by atoms with Gasteiger partial charge in [0, 0.05) is 6.07 Å². The van der Waals surface area contributed by atoms with Crippen molar-refractivity contribution in [3.05, 3.63) is 30.1 Å². The van der Waals surface area contributed by atoms with Crippen LogP contribution in [0.3, 0.4) is 0 Å². The van der Waals surface area contributed by atoms with E-state index in [1.807, 2.05) is 0 Å². The van der Waals surface area contributed by atoms with Crippen LogP contribution in [0.5, 0.6) is 0 Å². The van der Waals surface area contributed by atoms with Gasteiger partial charge >= 0.3 is 0 Å². The fourth-order valence-corrected chi connectivity index (χ4v) is 1.99. The maximum Gasteiger partial charge on any atom is 0.292 e. The van der Waals surface area contributed by atoms with E-state index in [0.29, 0.717) is 5.56 Å². The number of Topliss-reactive ketones (excluding diaryl/α,β-unsaturated/α-hetero) is 1. The third-order valence-corrected chi connectivity index (χ3v) is 3.04. The number of hydrogen-bond acceptors (Lipinski definition) is 5. The summed E-state index contributed by atoms with van der Waals surface area (Å²) < 4.78 is 6.87. The molecule has 2 heterocycles. The molecule has 0 radical (unpaired) electrons. The van der Waals surface area contributed by atoms with E-state index in [2.05, 4.69) is 0 Å². The molecule has 1 aliphatic rings. The molecule has 18 heavy (non-hydrogen) atoms. The lowest BCUT2D eigenvalue weighted by Crippen LogP contribution is -2.46. The Kier molecular flexibility index (Phi) is 3.72. The van der Waals surface area contributed by atoms with Crippen molar-refractivity contribution in [3.8, 4) is 0 Å². The van der Waals surface area contributed by atoms with Gasteiger partial charge in [-0.15, -0.1) is 0 Å². The normalized spacial score (nSPS) is 31.6. The van der Waals surface area contributed by atoms with Gasteiger partial charge in [-0.3, -0.25) is 4.79 Å². The van der Waals surface area contributed by atoms with Gasteiger partial charge in [0.1, 0.15) is 12.2 Å². The molecule has 0 spiro atoms. The summed E-state index contributed by atoms with van der Waals surface area (Å²) >= 11 is 0. The molecule has 3 N–H and O–H groups in total. The molecule has 0 amide bonds. The molecule has 1 aromatic rings. The Labute approximate surface area is 104 Å². The van der Waals surface area contributed by atoms with Crippen LogP contribution in [-0.4, -0.2) is 46.0 Å². The zero-order valence-corrected chi connectivity index (χ0v) is 9.93. The van der Waals surface area contributed by atoms with Gasteiger partial charge in [0.2, 0.25) is 0 Å². The summed E-state index contributed by atoms with van der Waals surface area (Å²) in [6.07, 6.45) is -0.743. The molecule has 0 saturated carbocycles. The molecule has 1 saturated heterocycles. The van der Waals surface area contributed by atoms with Gasteiger partial charge in [-0.25, -0.2) is 0 Å². The summed E-state index contributed by atoms with van der Waals surface area (Å²) in [5, 5.41) is 28.5. The van der Waals surface area contributed by atoms with E-state index in [1.54, 1.807) is 24.5 Å². The minimum Gasteiger partial charge on any atom is -0.394 e. The quantitative estimate of drug-likeness (QED) is 0.465. The van der Waals surface area contributed by atoms with Crippen LogP contribution in [0.1, 0.15) is 23.5 Å². The molecule has 0 aromatic carbocycles. The first-order valence-corrected chi connectivity index (χ1v) is 5.69. The molecule has 4 atom stereocenters. The average molecular weight is 254 g/mol. The summed E-state index contributed by atoms with van der Waals surface area (Å²) in [6.45, 7) is 1.07. The maximum atomic E-state index is 11.3. The number of nitrogens with zero attached hydrogens (tertiary/aromatic N) is 1. The molecule has 0 bridgehead atoms. The van der Waals surface area contributed by atoms with Gasteiger partial charge in [-0.05, 0) is 13.0 Å². The van der Waals surface area contributed by atoms with Gasteiger partial charge in [0.25, 0.3) is 6.23 Å². The maximum absolute atomic E-state index is 11.3. The number of hydrogen-bond donors (Lipinski definition) is 3. The molecule has 6 nitrogen and oxygen atoms in total. The van der Waals surface area contributed by atoms with Crippen molar-refractivity contribution >= 4 is 5.78 Å². The van der Waals surface area contributed by atoms with Crippen LogP contribution in [0.4, 0.5) is 0 Å². The zero-order valence-electron chi connectivity index (χ0n) is 9.93. The second-order valence-electron chi connectivity index (χ2n) is 4.32. The number of pyridine rings is 1. The number of carbonyl (C=O) groups is 1. The van der Waals surface area contributed by atoms with Crippen LogP contribution < -0.4 is 4.57 Å². The monoisotopic (exact) mass is 254 g/mol. The Bertz CT molecular complexity index is 450. The molecule has 1 fully saturated rings. The average Bonchev–Trinajstić information content (AvgIpc) is 2.66. The molecule has 98 valence electrons. The summed E-state index contributed by atoms with van der Waals surface area (Å²) in [5.74, 6) is -0.101. The molecule has 0 aliphatic carbocycles. The standard InChI is InChI=1S/C12H16NO5/c1-7(15)8-3-2-4-13(5-8)12-11(17)10(16)9(6-14)18-12/h2-5,9-12,14,16-17H,6H2,1H3/q+1/t9?,10-,11?,12-/m1/s1. The van der Waals surface area contributed by atoms with E-state index < -0.39 is 24.5 Å². The molecule has 1 aromatic heterocycles. The van der Waals surface area contributed by atoms with Crippen molar-refractivity contribution in [2.45, 2.75) is 31.5 Å². The van der Waals surface area contributed by atoms with E-state index >= 15 is 0 Å². The van der Waals surface area contributed by atoms with Crippen molar-refractivity contribution in [2.75, 3.05) is 6.61 Å². The number of ketones is 1. The van der Waals surface area contributed by atoms with Gasteiger partial charge in [0.15, 0.2) is 24.3 Å². The highest BCUT2D eigenvalue weighted by molar-refractivity contribution is 5.93. The zero-order chi connectivity index (χ0) is 13.3. The molecule has 2 unspecified atom stereocenters. The summed E-state index contributed by atoms with van der Waals surface area (Å²) in [7, 11) is 0. The second-order valence-corrected chi connectivity index (χ2v) is 4.32. The minimum atomic E-state index is -1.14. The van der Waals surface area contributed by atoms with E-state index in [-0.39, 0.29) is 12.4 Å². The van der Waals surface area contributed by atoms with Gasteiger partial charge in [-0.2, -0.15) is 4.57 Å². The fraction of sp³-hybridized carbons (Fsp3) is 0.500. The van der Waals surface area contributed by atoms with Crippen LogP contribution in [-0.2, 0) is 4.74 Å². The first-order chi connectivity index (χ1) is 8.54. The lowest BCUT2D eigenvalue weighted by atomic mass is 10.1. The van der Waals surface area contributed by atoms with E-state index in [1.165, 1.54) is 11.5 Å². The number of aliphatic hydroxyl groups excluding tert-OH is 3. The van der Waals surface area contributed by atoms with E-state index in [0.717, 1.165) is 0 Å². The van der Waals surface area contributed by atoms with Crippen molar-refractivity contribution in [1.29, 1.82) is 0 Å². The van der Waals surface area contributed by atoms with Gasteiger partial charge in [0.05, 0.1) is 12.2 Å². The number of ether oxygens (including phenoxy) is 1. The first kappa shape index (κ1) is 13.1. The van der Waals surface area contributed by atoms with Gasteiger partial charge in [-0.1, -0.05) is 0 Å². The number of carbonyl (C=O) groups excluding carboxylic acids is 1. The van der Waals surface area contributed by atoms with Crippen molar-refractivity contribution < 1.29 is 29.4 Å². The van der Waals surface area contributed by atoms with E-state index in [9.17, 15) is 15.0 Å². The molecular weight excluding hydrogens is 238 g/mol. The summed E-state index contributed by atoms with van der Waals surface area (Å²) in [6, 6.07) is 3.31. The third-order valence-electron chi connectivity index (χ3n) is 3.04. The Balaban J connectivity index is 2.27. The van der Waals surface area contributed by atoms with Crippen LogP contribution in [0, 0.1) is 0 Å². The second kappa shape index (κ2) is 5.11. The van der Waals surface area contributed by atoms with Crippen molar-refractivity contribution in [1.82, 2.24) is 0 Å². The number of rotatable bonds is 3. The highest BCUT2D eigenvalue weighted by Crippen LogP contribution is 2.25. The highest BCUT2D eigenvalue weighted by Gasteiger charge is 2.47. The summed E-state index contributed by atoms with van der Waals surface area (Å²) in [5.41, 5.74) is 0.482. The molecule has 1 aliphatic heterocycles. The minimum absolute atomic E-state index is 0.101. The number of aromatic nitrogens is 1. The Hall–Kier alpha value is -1.34. The molecular formula is C12H16NO5+. The van der Waals surface area contributed by atoms with Crippen molar-refractivity contribution in [2.24, 2.45) is 0 Å². The highest BCUT2D eigenvalue weighted by atomic mass is 16.6. The molecule has 6 heteroatoms. The van der Waals surface area contributed by atoms with Crippen molar-refractivity contribution in [3.63, 3.8) is 0 Å². The Morgan fingerprint density at radius 1 is 1.44 bits per heavy atom. The van der Waals surface area contributed by atoms with E-state index in [4.69, 9.17) is 9.84 Å². The van der Waals surface area contributed by atoms with Crippen LogP contribution in [0.15, 0.2) is 24.5 Å². The lowest BCUT2D eigenvalue weighted by molar-refractivity contribution is -0.765. The Morgan fingerprint density at radius 3 is 2.72 bits per heavy atom.